The normalized spacial score (nSPS) is 10.4. The molecule has 0 aliphatic rings. The van der Waals surface area contributed by atoms with Gasteiger partial charge in [-0.25, -0.2) is 5.84 Å². The van der Waals surface area contributed by atoms with Crippen molar-refractivity contribution < 1.29 is 0 Å². The van der Waals surface area contributed by atoms with Crippen molar-refractivity contribution in [2.45, 2.75) is 26.7 Å². The Morgan fingerprint density at radius 3 is 2.50 bits per heavy atom. The molecule has 1 aromatic rings. The van der Waals surface area contributed by atoms with E-state index in [-0.39, 0.29) is 0 Å². The van der Waals surface area contributed by atoms with Crippen molar-refractivity contribution in [3.8, 4) is 0 Å². The lowest BCUT2D eigenvalue weighted by molar-refractivity contribution is 0.548. The maximum Gasteiger partial charge on any atom is 0.187 e. The zero-order valence-corrected chi connectivity index (χ0v) is 11.1. The van der Waals surface area contributed by atoms with Crippen molar-refractivity contribution in [1.29, 1.82) is 0 Å². The van der Waals surface area contributed by atoms with Crippen molar-refractivity contribution in [3.05, 3.63) is 29.3 Å². The van der Waals surface area contributed by atoms with Crippen LogP contribution in [-0.2, 0) is 0 Å². The van der Waals surface area contributed by atoms with Crippen LogP contribution in [0.5, 0.6) is 0 Å². The molecule has 0 heterocycles. The van der Waals surface area contributed by atoms with E-state index in [0.717, 1.165) is 5.69 Å². The van der Waals surface area contributed by atoms with Gasteiger partial charge in [0.2, 0.25) is 0 Å². The molecule has 0 saturated heterocycles. The minimum atomic E-state index is 0.511. The second kappa shape index (κ2) is 5.27. The number of benzene rings is 1. The zero-order chi connectivity index (χ0) is 12.3. The lowest BCUT2D eigenvalue weighted by Gasteiger charge is -2.17. The molecule has 0 spiro atoms. The van der Waals surface area contributed by atoms with Gasteiger partial charge in [0.05, 0.1) is 0 Å². The maximum atomic E-state index is 5.53. The van der Waals surface area contributed by atoms with Gasteiger partial charge in [-0.3, -0.25) is 5.01 Å². The van der Waals surface area contributed by atoms with E-state index in [0.29, 0.717) is 11.0 Å². The molecule has 3 N–H and O–H groups in total. The smallest absolute Gasteiger partial charge is 0.187 e. The monoisotopic (exact) mass is 237 g/mol. The number of rotatable bonds is 2. The predicted octanol–water partition coefficient (Wildman–Crippen LogP) is 2.62. The molecule has 1 aromatic carbocycles. The number of aryl methyl sites for hydroxylation is 1. The van der Waals surface area contributed by atoms with Gasteiger partial charge in [0.15, 0.2) is 5.11 Å². The SMILES string of the molecule is Cc1cc(NC(=S)N(C)N)ccc1C(C)C. The van der Waals surface area contributed by atoms with Crippen molar-refractivity contribution in [3.63, 3.8) is 0 Å². The highest BCUT2D eigenvalue weighted by Crippen LogP contribution is 2.22. The van der Waals surface area contributed by atoms with Crippen LogP contribution < -0.4 is 11.2 Å². The summed E-state index contributed by atoms with van der Waals surface area (Å²) in [5.41, 5.74) is 3.60. The molecule has 0 unspecified atom stereocenters. The summed E-state index contributed by atoms with van der Waals surface area (Å²) in [5, 5.41) is 4.98. The van der Waals surface area contributed by atoms with Crippen LogP contribution in [0.25, 0.3) is 0 Å². The number of nitrogens with zero attached hydrogens (tertiary/aromatic N) is 1. The lowest BCUT2D eigenvalue weighted by Crippen LogP contribution is -2.36. The molecule has 0 saturated carbocycles. The summed E-state index contributed by atoms with van der Waals surface area (Å²) in [4.78, 5) is 0. The molecular formula is C12H19N3S. The molecule has 0 bridgehead atoms. The van der Waals surface area contributed by atoms with Crippen molar-refractivity contribution >= 4 is 23.0 Å². The molecule has 0 amide bonds. The van der Waals surface area contributed by atoms with Crippen LogP contribution in [0.15, 0.2) is 18.2 Å². The van der Waals surface area contributed by atoms with E-state index in [2.05, 4.69) is 38.2 Å². The van der Waals surface area contributed by atoms with Gasteiger partial charge in [0.1, 0.15) is 0 Å². The Balaban J connectivity index is 2.85. The molecule has 0 aliphatic heterocycles. The van der Waals surface area contributed by atoms with Gasteiger partial charge in [0, 0.05) is 12.7 Å². The molecule has 1 rings (SSSR count). The number of nitrogens with two attached hydrogens (primary N) is 1. The van der Waals surface area contributed by atoms with E-state index in [1.165, 1.54) is 16.1 Å². The Kier molecular flexibility index (Phi) is 4.26. The fraction of sp³-hybridized carbons (Fsp3) is 0.417. The van der Waals surface area contributed by atoms with Gasteiger partial charge in [0.25, 0.3) is 0 Å². The van der Waals surface area contributed by atoms with Gasteiger partial charge >= 0.3 is 0 Å². The minimum absolute atomic E-state index is 0.511. The van der Waals surface area contributed by atoms with Gasteiger partial charge < -0.3 is 5.32 Å². The van der Waals surface area contributed by atoms with Crippen LogP contribution in [-0.4, -0.2) is 17.2 Å². The number of hydrogen-bond acceptors (Lipinski definition) is 2. The standard InChI is InChI=1S/C12H19N3S/c1-8(2)11-6-5-10(7-9(11)3)14-12(16)15(4)13/h5-8H,13H2,1-4H3,(H,14,16). The topological polar surface area (TPSA) is 41.3 Å². The summed E-state index contributed by atoms with van der Waals surface area (Å²) in [6.45, 7) is 6.48. The number of hydrogen-bond donors (Lipinski definition) is 2. The fourth-order valence-electron chi connectivity index (χ4n) is 1.61. The first-order valence-electron chi connectivity index (χ1n) is 5.31. The van der Waals surface area contributed by atoms with Gasteiger partial charge in [-0.1, -0.05) is 19.9 Å². The summed E-state index contributed by atoms with van der Waals surface area (Å²) >= 11 is 5.08. The van der Waals surface area contributed by atoms with Crippen molar-refractivity contribution in [1.82, 2.24) is 5.01 Å². The molecule has 3 nitrogen and oxygen atoms in total. The van der Waals surface area contributed by atoms with E-state index in [4.69, 9.17) is 18.1 Å². The summed E-state index contributed by atoms with van der Waals surface area (Å²) in [7, 11) is 1.71. The Labute approximate surface area is 103 Å². The van der Waals surface area contributed by atoms with Gasteiger partial charge in [-0.2, -0.15) is 0 Å². The summed E-state index contributed by atoms with van der Waals surface area (Å²) in [6, 6.07) is 6.24. The number of nitrogens with one attached hydrogen (secondary N) is 1. The Morgan fingerprint density at radius 2 is 2.06 bits per heavy atom. The quantitative estimate of drug-likeness (QED) is 0.471. The second-order valence-corrected chi connectivity index (χ2v) is 4.65. The van der Waals surface area contributed by atoms with Gasteiger partial charge in [-0.15, -0.1) is 0 Å². The average Bonchev–Trinajstić information content (AvgIpc) is 2.16. The van der Waals surface area contributed by atoms with Crippen molar-refractivity contribution in [2.75, 3.05) is 12.4 Å². The van der Waals surface area contributed by atoms with E-state index >= 15 is 0 Å². The first kappa shape index (κ1) is 12.9. The minimum Gasteiger partial charge on any atom is -0.332 e. The molecule has 0 aromatic heterocycles. The van der Waals surface area contributed by atoms with Crippen LogP contribution >= 0.6 is 12.2 Å². The molecule has 4 heteroatoms. The highest BCUT2D eigenvalue weighted by molar-refractivity contribution is 7.80. The van der Waals surface area contributed by atoms with Crippen molar-refractivity contribution in [2.24, 2.45) is 5.84 Å². The number of thiocarbonyl (C=S) groups is 1. The zero-order valence-electron chi connectivity index (χ0n) is 10.2. The van der Waals surface area contributed by atoms with E-state index in [9.17, 15) is 0 Å². The predicted molar refractivity (Wildman–Crippen MR) is 73.4 cm³/mol. The largest absolute Gasteiger partial charge is 0.332 e. The highest BCUT2D eigenvalue weighted by atomic mass is 32.1. The fourth-order valence-corrected chi connectivity index (χ4v) is 1.73. The van der Waals surface area contributed by atoms with Crippen LogP contribution in [0.1, 0.15) is 30.9 Å². The molecule has 0 aliphatic carbocycles. The Morgan fingerprint density at radius 1 is 1.44 bits per heavy atom. The first-order chi connectivity index (χ1) is 7.41. The first-order valence-corrected chi connectivity index (χ1v) is 5.72. The van der Waals surface area contributed by atoms with Gasteiger partial charge in [-0.05, 0) is 48.3 Å². The van der Waals surface area contributed by atoms with E-state index in [1.54, 1.807) is 7.05 Å². The third-order valence-electron chi connectivity index (χ3n) is 2.46. The number of hydrazine groups is 1. The Bertz CT molecular complexity index is 386. The van der Waals surface area contributed by atoms with E-state index < -0.39 is 0 Å². The highest BCUT2D eigenvalue weighted by Gasteiger charge is 2.05. The second-order valence-electron chi connectivity index (χ2n) is 4.27. The average molecular weight is 237 g/mol. The molecule has 0 atom stereocenters. The van der Waals surface area contributed by atoms with Crippen LogP contribution in [0.4, 0.5) is 5.69 Å². The summed E-state index contributed by atoms with van der Waals surface area (Å²) in [5.74, 6) is 6.07. The molecule has 88 valence electrons. The van der Waals surface area contributed by atoms with E-state index in [1.807, 2.05) is 6.07 Å². The summed E-state index contributed by atoms with van der Waals surface area (Å²) < 4.78 is 0. The molecule has 16 heavy (non-hydrogen) atoms. The molecular weight excluding hydrogens is 218 g/mol. The van der Waals surface area contributed by atoms with Crippen LogP contribution in [0.2, 0.25) is 0 Å². The lowest BCUT2D eigenvalue weighted by atomic mass is 9.98. The summed E-state index contributed by atoms with van der Waals surface area (Å²) in [6.07, 6.45) is 0. The Hall–Kier alpha value is -1.13. The van der Waals surface area contributed by atoms with Crippen LogP contribution in [0.3, 0.4) is 0 Å². The third-order valence-corrected chi connectivity index (χ3v) is 2.85. The molecule has 0 fully saturated rings. The third kappa shape index (κ3) is 3.18. The van der Waals surface area contributed by atoms with Crippen LogP contribution in [0, 0.1) is 6.92 Å². The maximum absolute atomic E-state index is 5.53. The number of anilines is 1. The molecule has 0 radical (unpaired) electrons.